The van der Waals surface area contributed by atoms with Crippen LogP contribution in [-0.2, 0) is 9.84 Å². The third-order valence-corrected chi connectivity index (χ3v) is 5.49. The molecule has 2 atom stereocenters. The van der Waals surface area contributed by atoms with E-state index in [9.17, 15) is 8.42 Å². The molecule has 2 rings (SSSR count). The standard InChI is InChI=1S/C15H22ClN3O3S.HI/c1-11(22-14-5-3-4-12(16)8-14)9-18-15(17-2)19-13-6-7-23(20,21)10-13;/h3-5,8,11,13H,6-7,9-10H2,1-2H3,(H2,17,18,19);1H. The topological polar surface area (TPSA) is 79.8 Å². The summed E-state index contributed by atoms with van der Waals surface area (Å²) in [6.45, 7) is 2.47. The highest BCUT2D eigenvalue weighted by molar-refractivity contribution is 14.0. The predicted octanol–water partition coefficient (Wildman–Crippen LogP) is 2.08. The predicted molar refractivity (Wildman–Crippen MR) is 109 cm³/mol. The molecule has 9 heteroatoms. The lowest BCUT2D eigenvalue weighted by Crippen LogP contribution is -2.46. The van der Waals surface area contributed by atoms with Crippen LogP contribution < -0.4 is 15.4 Å². The van der Waals surface area contributed by atoms with Crippen LogP contribution in [0.2, 0.25) is 5.02 Å². The summed E-state index contributed by atoms with van der Waals surface area (Å²) in [5.74, 6) is 1.67. The highest BCUT2D eigenvalue weighted by Crippen LogP contribution is 2.18. The van der Waals surface area contributed by atoms with Crippen LogP contribution in [0.1, 0.15) is 13.3 Å². The molecule has 1 fully saturated rings. The number of nitrogens with one attached hydrogen (secondary N) is 2. The van der Waals surface area contributed by atoms with Crippen LogP contribution in [-0.4, -0.2) is 51.6 Å². The van der Waals surface area contributed by atoms with Gasteiger partial charge in [-0.3, -0.25) is 4.99 Å². The third kappa shape index (κ3) is 7.02. The molecule has 136 valence electrons. The van der Waals surface area contributed by atoms with E-state index in [0.717, 1.165) is 0 Å². The minimum atomic E-state index is -2.91. The number of guanidine groups is 1. The van der Waals surface area contributed by atoms with Crippen LogP contribution in [0.15, 0.2) is 29.3 Å². The van der Waals surface area contributed by atoms with Gasteiger partial charge < -0.3 is 15.4 Å². The van der Waals surface area contributed by atoms with Crippen molar-refractivity contribution in [3.05, 3.63) is 29.3 Å². The van der Waals surface area contributed by atoms with Gasteiger partial charge >= 0.3 is 0 Å². The molecule has 0 aliphatic carbocycles. The Morgan fingerprint density at radius 1 is 1.50 bits per heavy atom. The molecule has 1 saturated heterocycles. The minimum Gasteiger partial charge on any atom is -0.489 e. The van der Waals surface area contributed by atoms with Crippen molar-refractivity contribution in [2.24, 2.45) is 4.99 Å². The Morgan fingerprint density at radius 3 is 2.83 bits per heavy atom. The minimum absolute atomic E-state index is 0. The fourth-order valence-corrected chi connectivity index (χ4v) is 4.21. The first kappa shape index (κ1) is 21.3. The number of aliphatic imine (C=N–C) groups is 1. The molecule has 0 saturated carbocycles. The highest BCUT2D eigenvalue weighted by atomic mass is 127. The largest absolute Gasteiger partial charge is 0.489 e. The highest BCUT2D eigenvalue weighted by Gasteiger charge is 2.28. The Kier molecular flexibility index (Phi) is 8.58. The quantitative estimate of drug-likeness (QED) is 0.378. The number of halogens is 2. The summed E-state index contributed by atoms with van der Waals surface area (Å²) in [6, 6.07) is 7.14. The molecule has 2 unspecified atom stereocenters. The molecule has 6 nitrogen and oxygen atoms in total. The number of rotatable bonds is 5. The van der Waals surface area contributed by atoms with Crippen LogP contribution in [0.5, 0.6) is 5.75 Å². The normalized spacial score (nSPS) is 20.8. The van der Waals surface area contributed by atoms with E-state index in [2.05, 4.69) is 15.6 Å². The number of benzene rings is 1. The van der Waals surface area contributed by atoms with Gasteiger partial charge in [-0.25, -0.2) is 8.42 Å². The maximum atomic E-state index is 11.5. The average molecular weight is 488 g/mol. The summed E-state index contributed by atoms with van der Waals surface area (Å²) < 4.78 is 28.7. The van der Waals surface area contributed by atoms with Gasteiger partial charge in [0.1, 0.15) is 11.9 Å². The second kappa shape index (κ2) is 9.67. The van der Waals surface area contributed by atoms with Crippen LogP contribution in [0.3, 0.4) is 0 Å². The van der Waals surface area contributed by atoms with Crippen LogP contribution in [0, 0.1) is 0 Å². The van der Waals surface area contributed by atoms with Gasteiger partial charge in [0.15, 0.2) is 15.8 Å². The lowest BCUT2D eigenvalue weighted by molar-refractivity contribution is 0.224. The van der Waals surface area contributed by atoms with Crippen molar-refractivity contribution in [2.75, 3.05) is 25.1 Å². The van der Waals surface area contributed by atoms with Crippen molar-refractivity contribution in [1.29, 1.82) is 0 Å². The Morgan fingerprint density at radius 2 is 2.25 bits per heavy atom. The number of hydrogen-bond donors (Lipinski definition) is 2. The second-order valence-corrected chi connectivity index (χ2v) is 8.25. The molecule has 0 radical (unpaired) electrons. The van der Waals surface area contributed by atoms with E-state index in [1.54, 1.807) is 19.2 Å². The average Bonchev–Trinajstić information content (AvgIpc) is 2.82. The summed E-state index contributed by atoms with van der Waals surface area (Å²) in [7, 11) is -1.25. The molecule has 1 aromatic carbocycles. The molecule has 0 amide bonds. The summed E-state index contributed by atoms with van der Waals surface area (Å²) >= 11 is 5.92. The van der Waals surface area contributed by atoms with E-state index in [4.69, 9.17) is 16.3 Å². The molecule has 1 aliphatic heterocycles. The zero-order valence-electron chi connectivity index (χ0n) is 13.7. The van der Waals surface area contributed by atoms with E-state index in [0.29, 0.717) is 29.7 Å². The molecule has 24 heavy (non-hydrogen) atoms. The lowest BCUT2D eigenvalue weighted by atomic mass is 10.3. The van der Waals surface area contributed by atoms with Gasteiger partial charge in [0.25, 0.3) is 0 Å². The zero-order chi connectivity index (χ0) is 16.9. The van der Waals surface area contributed by atoms with Gasteiger partial charge in [-0.2, -0.15) is 0 Å². The van der Waals surface area contributed by atoms with Crippen molar-refractivity contribution < 1.29 is 13.2 Å². The summed E-state index contributed by atoms with van der Waals surface area (Å²) in [6.07, 6.45) is 0.511. The first-order valence-electron chi connectivity index (χ1n) is 7.48. The van der Waals surface area contributed by atoms with Crippen LogP contribution in [0.25, 0.3) is 0 Å². The first-order valence-corrected chi connectivity index (χ1v) is 9.68. The molecule has 1 aliphatic rings. The van der Waals surface area contributed by atoms with Crippen molar-refractivity contribution in [3.8, 4) is 5.75 Å². The SMILES string of the molecule is CN=C(NCC(C)Oc1cccc(Cl)c1)NC1CCS(=O)(=O)C1.I. The van der Waals surface area contributed by atoms with Crippen molar-refractivity contribution in [1.82, 2.24) is 10.6 Å². The molecule has 1 heterocycles. The van der Waals surface area contributed by atoms with Gasteiger partial charge in [-0.15, -0.1) is 24.0 Å². The van der Waals surface area contributed by atoms with Gasteiger partial charge in [-0.1, -0.05) is 17.7 Å². The molecule has 0 bridgehead atoms. The third-order valence-electron chi connectivity index (χ3n) is 3.49. The Balaban J connectivity index is 0.00000288. The van der Waals surface area contributed by atoms with Crippen molar-refractivity contribution in [3.63, 3.8) is 0 Å². The smallest absolute Gasteiger partial charge is 0.191 e. The van der Waals surface area contributed by atoms with E-state index < -0.39 is 9.84 Å². The number of hydrogen-bond acceptors (Lipinski definition) is 4. The first-order chi connectivity index (χ1) is 10.9. The van der Waals surface area contributed by atoms with E-state index in [1.165, 1.54) is 0 Å². The number of sulfone groups is 1. The van der Waals surface area contributed by atoms with Crippen molar-refractivity contribution >= 4 is 51.4 Å². The van der Waals surface area contributed by atoms with Crippen molar-refractivity contribution in [2.45, 2.75) is 25.5 Å². The van der Waals surface area contributed by atoms with Crippen LogP contribution >= 0.6 is 35.6 Å². The summed E-state index contributed by atoms with van der Waals surface area (Å²) in [5.41, 5.74) is 0. The molecule has 1 aromatic rings. The van der Waals surface area contributed by atoms with E-state index in [1.807, 2.05) is 19.1 Å². The Labute approximate surface area is 165 Å². The molecule has 0 spiro atoms. The van der Waals surface area contributed by atoms with Crippen LogP contribution in [0.4, 0.5) is 0 Å². The lowest BCUT2D eigenvalue weighted by Gasteiger charge is -2.19. The molecule has 2 N–H and O–H groups in total. The second-order valence-electron chi connectivity index (χ2n) is 5.58. The molecular formula is C15H23ClIN3O3S. The van der Waals surface area contributed by atoms with Gasteiger partial charge in [0.2, 0.25) is 0 Å². The van der Waals surface area contributed by atoms with Gasteiger partial charge in [0, 0.05) is 18.1 Å². The van der Waals surface area contributed by atoms with Gasteiger partial charge in [0.05, 0.1) is 18.1 Å². The summed E-state index contributed by atoms with van der Waals surface area (Å²) in [4.78, 5) is 4.12. The Bertz CT molecular complexity index is 670. The van der Waals surface area contributed by atoms with E-state index in [-0.39, 0.29) is 47.6 Å². The fraction of sp³-hybridized carbons (Fsp3) is 0.533. The Hall–Kier alpha value is -0.740. The molecule has 0 aromatic heterocycles. The van der Waals surface area contributed by atoms with E-state index >= 15 is 0 Å². The summed E-state index contributed by atoms with van der Waals surface area (Å²) in [5, 5.41) is 6.90. The van der Waals surface area contributed by atoms with Gasteiger partial charge in [-0.05, 0) is 31.5 Å². The maximum Gasteiger partial charge on any atom is 0.191 e. The monoisotopic (exact) mass is 487 g/mol. The molecular weight excluding hydrogens is 465 g/mol. The number of ether oxygens (including phenoxy) is 1. The fourth-order valence-electron chi connectivity index (χ4n) is 2.35. The zero-order valence-corrected chi connectivity index (χ0v) is 17.6. The number of nitrogens with zero attached hydrogens (tertiary/aromatic N) is 1. The maximum absolute atomic E-state index is 11.5.